The number of nitrogens with one attached hydrogen (secondary N) is 1. The van der Waals surface area contributed by atoms with Crippen molar-refractivity contribution in [1.29, 1.82) is 0 Å². The predicted octanol–water partition coefficient (Wildman–Crippen LogP) is 3.31. The van der Waals surface area contributed by atoms with Gasteiger partial charge >= 0.3 is 6.01 Å². The maximum atomic E-state index is 13.2. The number of carbonyl (C=O) groups excluding carboxylic acids is 1. The van der Waals surface area contributed by atoms with Crippen LogP contribution in [0.5, 0.6) is 11.8 Å². The summed E-state index contributed by atoms with van der Waals surface area (Å²) in [5, 5.41) is 3.20. The van der Waals surface area contributed by atoms with Crippen molar-refractivity contribution in [2.45, 2.75) is 19.1 Å². The zero-order chi connectivity index (χ0) is 23.9. The highest BCUT2D eigenvalue weighted by Crippen LogP contribution is 2.27. The number of hydrogen-bond acceptors (Lipinski definition) is 7. The number of anilines is 1. The Morgan fingerprint density at radius 2 is 1.85 bits per heavy atom. The van der Waals surface area contributed by atoms with Crippen molar-refractivity contribution in [2.24, 2.45) is 0 Å². The molecule has 0 aliphatic carbocycles. The van der Waals surface area contributed by atoms with Crippen LogP contribution in [-0.4, -0.2) is 61.6 Å². The van der Waals surface area contributed by atoms with E-state index in [9.17, 15) is 4.79 Å². The van der Waals surface area contributed by atoms with Gasteiger partial charge in [0.25, 0.3) is 5.91 Å². The number of hydrogen-bond donors (Lipinski definition) is 1. The first-order chi connectivity index (χ1) is 16.6. The van der Waals surface area contributed by atoms with E-state index in [1.807, 2.05) is 66.4 Å². The molecule has 34 heavy (non-hydrogen) atoms. The number of nitrogens with zero attached hydrogens (tertiary/aromatic N) is 4. The summed E-state index contributed by atoms with van der Waals surface area (Å²) in [4.78, 5) is 25.5. The van der Waals surface area contributed by atoms with E-state index >= 15 is 0 Å². The molecule has 2 aromatic carbocycles. The summed E-state index contributed by atoms with van der Waals surface area (Å²) in [6.45, 7) is 2.62. The molecule has 0 fully saturated rings. The highest BCUT2D eigenvalue weighted by molar-refractivity contribution is 5.99. The Balaban J connectivity index is 1.46. The topological polar surface area (TPSA) is 79.8 Å². The first kappa shape index (κ1) is 23.5. The predicted molar refractivity (Wildman–Crippen MR) is 131 cm³/mol. The SMILES string of the molecule is CNCC[C@H](Oc1ccc(CN2CCN(C)c3nc(OC)ncc3C2=O)cc1)c1ccccc1. The van der Waals surface area contributed by atoms with Crippen LogP contribution in [0, 0.1) is 0 Å². The molecule has 2 heterocycles. The van der Waals surface area contributed by atoms with Gasteiger partial charge in [-0.25, -0.2) is 4.98 Å². The molecule has 1 aliphatic heterocycles. The molecule has 8 heteroatoms. The molecule has 0 spiro atoms. The highest BCUT2D eigenvalue weighted by atomic mass is 16.5. The molecule has 3 aromatic rings. The normalized spacial score (nSPS) is 14.4. The van der Waals surface area contributed by atoms with E-state index in [-0.39, 0.29) is 18.0 Å². The van der Waals surface area contributed by atoms with Gasteiger partial charge < -0.3 is 24.6 Å². The molecule has 1 N–H and O–H groups in total. The minimum atomic E-state index is -0.0847. The van der Waals surface area contributed by atoms with Gasteiger partial charge in [-0.2, -0.15) is 4.98 Å². The largest absolute Gasteiger partial charge is 0.486 e. The minimum Gasteiger partial charge on any atom is -0.486 e. The number of carbonyl (C=O) groups is 1. The Labute approximate surface area is 200 Å². The van der Waals surface area contributed by atoms with Gasteiger partial charge in [0.05, 0.1) is 7.11 Å². The quantitative estimate of drug-likeness (QED) is 0.524. The molecule has 0 radical (unpaired) electrons. The zero-order valence-electron chi connectivity index (χ0n) is 19.9. The summed E-state index contributed by atoms with van der Waals surface area (Å²) in [7, 11) is 5.38. The lowest BCUT2D eigenvalue weighted by Crippen LogP contribution is -2.33. The molecule has 1 aromatic heterocycles. The average molecular weight is 462 g/mol. The number of benzene rings is 2. The van der Waals surface area contributed by atoms with E-state index in [1.165, 1.54) is 7.11 Å². The lowest BCUT2D eigenvalue weighted by atomic mass is 10.1. The second-order valence-electron chi connectivity index (χ2n) is 8.30. The first-order valence-electron chi connectivity index (χ1n) is 11.5. The van der Waals surface area contributed by atoms with Crippen molar-refractivity contribution in [2.75, 3.05) is 45.7 Å². The zero-order valence-corrected chi connectivity index (χ0v) is 19.9. The lowest BCUT2D eigenvalue weighted by Gasteiger charge is -2.22. The molecule has 4 rings (SSSR count). The van der Waals surface area contributed by atoms with Crippen molar-refractivity contribution in [3.63, 3.8) is 0 Å². The molecule has 1 amide bonds. The van der Waals surface area contributed by atoms with Crippen molar-refractivity contribution < 1.29 is 14.3 Å². The van der Waals surface area contributed by atoms with Gasteiger partial charge in [-0.1, -0.05) is 42.5 Å². The Bertz CT molecular complexity index is 1090. The third kappa shape index (κ3) is 5.46. The molecular formula is C26H31N5O3. The summed E-state index contributed by atoms with van der Waals surface area (Å²) in [6.07, 6.45) is 2.38. The summed E-state index contributed by atoms with van der Waals surface area (Å²) in [5.41, 5.74) is 2.67. The average Bonchev–Trinajstić information content (AvgIpc) is 2.99. The number of fused-ring (bicyclic) bond motifs is 1. The third-order valence-corrected chi connectivity index (χ3v) is 5.92. The van der Waals surface area contributed by atoms with Crippen molar-refractivity contribution >= 4 is 11.7 Å². The van der Waals surface area contributed by atoms with Crippen LogP contribution in [-0.2, 0) is 6.54 Å². The fourth-order valence-electron chi connectivity index (χ4n) is 3.99. The van der Waals surface area contributed by atoms with Crippen LogP contribution in [0.15, 0.2) is 60.8 Å². The van der Waals surface area contributed by atoms with Gasteiger partial charge in [0.1, 0.15) is 23.2 Å². The molecule has 0 bridgehead atoms. The van der Waals surface area contributed by atoms with E-state index in [2.05, 4.69) is 27.4 Å². The number of likely N-dealkylation sites (N-methyl/N-ethyl adjacent to an activating group) is 1. The number of methoxy groups -OCH3 is 1. The Hall–Kier alpha value is -3.65. The molecule has 0 saturated carbocycles. The number of rotatable bonds is 9. The summed E-state index contributed by atoms with van der Waals surface area (Å²) < 4.78 is 11.4. The highest BCUT2D eigenvalue weighted by Gasteiger charge is 2.27. The van der Waals surface area contributed by atoms with Crippen LogP contribution in [0.3, 0.4) is 0 Å². The van der Waals surface area contributed by atoms with Crippen molar-refractivity contribution in [3.8, 4) is 11.8 Å². The Morgan fingerprint density at radius 3 is 2.56 bits per heavy atom. The monoisotopic (exact) mass is 461 g/mol. The van der Waals surface area contributed by atoms with Crippen LogP contribution in [0.2, 0.25) is 0 Å². The smallest absolute Gasteiger partial charge is 0.318 e. The molecule has 0 saturated heterocycles. The maximum Gasteiger partial charge on any atom is 0.318 e. The molecule has 8 nitrogen and oxygen atoms in total. The molecule has 0 unspecified atom stereocenters. The van der Waals surface area contributed by atoms with Gasteiger partial charge in [-0.15, -0.1) is 0 Å². The lowest BCUT2D eigenvalue weighted by molar-refractivity contribution is 0.0754. The van der Waals surface area contributed by atoms with E-state index < -0.39 is 0 Å². The van der Waals surface area contributed by atoms with Crippen LogP contribution in [0.25, 0.3) is 0 Å². The van der Waals surface area contributed by atoms with Gasteiger partial charge in [0, 0.05) is 39.3 Å². The van der Waals surface area contributed by atoms with E-state index in [1.54, 1.807) is 6.20 Å². The molecule has 1 atom stereocenters. The third-order valence-electron chi connectivity index (χ3n) is 5.92. The van der Waals surface area contributed by atoms with E-state index in [0.717, 1.165) is 29.8 Å². The van der Waals surface area contributed by atoms with E-state index in [4.69, 9.17) is 9.47 Å². The second kappa shape index (κ2) is 11.0. The number of aromatic nitrogens is 2. The van der Waals surface area contributed by atoms with Gasteiger partial charge in [-0.05, 0) is 36.9 Å². The van der Waals surface area contributed by atoms with Crippen LogP contribution >= 0.6 is 0 Å². The van der Waals surface area contributed by atoms with Crippen LogP contribution in [0.4, 0.5) is 5.82 Å². The first-order valence-corrected chi connectivity index (χ1v) is 11.5. The fourth-order valence-corrected chi connectivity index (χ4v) is 3.99. The van der Waals surface area contributed by atoms with Gasteiger partial charge in [0.15, 0.2) is 0 Å². The van der Waals surface area contributed by atoms with Gasteiger partial charge in [0.2, 0.25) is 0 Å². The Morgan fingerprint density at radius 1 is 1.09 bits per heavy atom. The number of amides is 1. The number of ether oxygens (including phenoxy) is 2. The fraction of sp³-hybridized carbons (Fsp3) is 0.346. The maximum absolute atomic E-state index is 13.2. The van der Waals surface area contributed by atoms with E-state index in [0.29, 0.717) is 31.0 Å². The molecular weight excluding hydrogens is 430 g/mol. The summed E-state index contributed by atoms with van der Waals surface area (Å²) in [5.74, 6) is 1.32. The summed E-state index contributed by atoms with van der Waals surface area (Å²) in [6, 6.07) is 18.5. The standard InChI is InChI=1S/C26H31N5O3/c1-27-14-13-23(20-7-5-4-6-8-20)34-21-11-9-19(10-12-21)18-31-16-15-30(2)24-22(25(31)32)17-28-26(29-24)33-3/h4-12,17,23,27H,13-16,18H2,1-3H3/t23-/m0/s1. The molecule has 1 aliphatic rings. The van der Waals surface area contributed by atoms with Crippen LogP contribution < -0.4 is 19.7 Å². The Kier molecular flexibility index (Phi) is 7.59. The minimum absolute atomic E-state index is 0.0317. The van der Waals surface area contributed by atoms with Gasteiger partial charge in [-0.3, -0.25) is 4.79 Å². The van der Waals surface area contributed by atoms with Crippen molar-refractivity contribution in [1.82, 2.24) is 20.2 Å². The summed E-state index contributed by atoms with van der Waals surface area (Å²) >= 11 is 0. The second-order valence-corrected chi connectivity index (χ2v) is 8.30. The van der Waals surface area contributed by atoms with Crippen LogP contribution in [0.1, 0.15) is 34.0 Å². The van der Waals surface area contributed by atoms with Crippen molar-refractivity contribution in [3.05, 3.63) is 77.5 Å². The molecule has 178 valence electrons.